The third-order valence-corrected chi connectivity index (χ3v) is 4.85. The molecule has 0 fully saturated rings. The molecule has 1 nitrogen and oxygen atoms in total. The number of unbranched alkanes of at least 4 members (excludes halogenated alkanes) is 3. The molecule has 0 heterocycles. The predicted molar refractivity (Wildman–Crippen MR) is 105 cm³/mol. The Bertz CT molecular complexity index is 641. The third kappa shape index (κ3) is 4.20. The number of aryl methyl sites for hydroxylation is 1. The molecule has 0 bridgehead atoms. The van der Waals surface area contributed by atoms with Gasteiger partial charge < -0.3 is 5.11 Å². The molecule has 0 aromatic heterocycles. The first-order valence-electron chi connectivity index (χ1n) is 9.53. The van der Waals surface area contributed by atoms with Gasteiger partial charge in [-0.05, 0) is 53.5 Å². The van der Waals surface area contributed by atoms with Crippen molar-refractivity contribution in [2.45, 2.75) is 72.1 Å². The van der Waals surface area contributed by atoms with Crippen molar-refractivity contribution in [2.24, 2.45) is 0 Å². The Labute approximate surface area is 147 Å². The van der Waals surface area contributed by atoms with Gasteiger partial charge in [0.1, 0.15) is 5.75 Å². The fourth-order valence-electron chi connectivity index (χ4n) is 3.67. The van der Waals surface area contributed by atoms with Gasteiger partial charge in [-0.25, -0.2) is 0 Å². The molecule has 0 aliphatic carbocycles. The van der Waals surface area contributed by atoms with E-state index in [1.807, 2.05) is 24.3 Å². The molecule has 0 aliphatic heterocycles. The van der Waals surface area contributed by atoms with Crippen LogP contribution in [-0.2, 0) is 12.8 Å². The van der Waals surface area contributed by atoms with Crippen LogP contribution < -0.4 is 0 Å². The highest BCUT2D eigenvalue weighted by Gasteiger charge is 2.20. The van der Waals surface area contributed by atoms with E-state index in [-0.39, 0.29) is 0 Å². The maximum absolute atomic E-state index is 10.7. The molecule has 0 unspecified atom stereocenters. The maximum atomic E-state index is 10.7. The summed E-state index contributed by atoms with van der Waals surface area (Å²) in [6.07, 6.45) is 7.20. The van der Waals surface area contributed by atoms with Crippen LogP contribution in [0, 0.1) is 0 Å². The number of rotatable bonds is 8. The highest BCUT2D eigenvalue weighted by molar-refractivity contribution is 5.76. The molecule has 130 valence electrons. The van der Waals surface area contributed by atoms with Gasteiger partial charge in [-0.3, -0.25) is 0 Å². The fourth-order valence-corrected chi connectivity index (χ4v) is 3.67. The lowest BCUT2D eigenvalue weighted by atomic mass is 9.82. The fraction of sp³-hybridized carbons (Fsp3) is 0.478. The summed E-state index contributed by atoms with van der Waals surface area (Å²) < 4.78 is 0. The van der Waals surface area contributed by atoms with Gasteiger partial charge in [0.2, 0.25) is 0 Å². The van der Waals surface area contributed by atoms with Gasteiger partial charge in [0, 0.05) is 5.56 Å². The smallest absolute Gasteiger partial charge is 0.123 e. The Morgan fingerprint density at radius 3 is 2.25 bits per heavy atom. The van der Waals surface area contributed by atoms with Gasteiger partial charge in [0.05, 0.1) is 0 Å². The quantitative estimate of drug-likeness (QED) is 0.525. The largest absolute Gasteiger partial charge is 0.507 e. The van der Waals surface area contributed by atoms with Gasteiger partial charge in [-0.2, -0.15) is 0 Å². The standard InChI is InChI=1S/C23H32O/c1-5-7-8-12-15-20-18(6-2)16-21(24)23(22(20)17(3)4)19-13-10-9-11-14-19/h9-11,13-14,16-17,24H,5-8,12,15H2,1-4H3. The first-order valence-corrected chi connectivity index (χ1v) is 9.53. The van der Waals surface area contributed by atoms with E-state index in [0.29, 0.717) is 11.7 Å². The normalized spacial score (nSPS) is 11.2. The SMILES string of the molecule is CCCCCCc1c(CC)cc(O)c(-c2ccccc2)c1C(C)C. The van der Waals surface area contributed by atoms with Gasteiger partial charge in [-0.15, -0.1) is 0 Å². The van der Waals surface area contributed by atoms with Crippen molar-refractivity contribution in [3.05, 3.63) is 53.1 Å². The minimum Gasteiger partial charge on any atom is -0.507 e. The number of benzene rings is 2. The van der Waals surface area contributed by atoms with E-state index in [2.05, 4.69) is 39.8 Å². The zero-order chi connectivity index (χ0) is 17.5. The van der Waals surface area contributed by atoms with E-state index in [1.165, 1.54) is 42.4 Å². The van der Waals surface area contributed by atoms with Crippen molar-refractivity contribution >= 4 is 0 Å². The molecule has 24 heavy (non-hydrogen) atoms. The Kier molecular flexibility index (Phi) is 6.90. The van der Waals surface area contributed by atoms with Crippen molar-refractivity contribution in [1.82, 2.24) is 0 Å². The van der Waals surface area contributed by atoms with Gasteiger partial charge in [0.15, 0.2) is 0 Å². The van der Waals surface area contributed by atoms with Crippen molar-refractivity contribution in [3.8, 4) is 16.9 Å². The van der Waals surface area contributed by atoms with Crippen LogP contribution in [0.25, 0.3) is 11.1 Å². The van der Waals surface area contributed by atoms with Gasteiger partial charge in [0.25, 0.3) is 0 Å². The van der Waals surface area contributed by atoms with Crippen molar-refractivity contribution in [2.75, 3.05) is 0 Å². The molecule has 0 aliphatic rings. The second kappa shape index (κ2) is 8.92. The molecule has 0 spiro atoms. The molecule has 0 saturated carbocycles. The molecular formula is C23H32O. The van der Waals surface area contributed by atoms with Crippen LogP contribution in [0.4, 0.5) is 0 Å². The Hall–Kier alpha value is -1.76. The summed E-state index contributed by atoms with van der Waals surface area (Å²) in [5.74, 6) is 0.831. The van der Waals surface area contributed by atoms with Gasteiger partial charge >= 0.3 is 0 Å². The second-order valence-corrected chi connectivity index (χ2v) is 7.01. The average molecular weight is 325 g/mol. The maximum Gasteiger partial charge on any atom is 0.123 e. The molecule has 1 N–H and O–H groups in total. The zero-order valence-corrected chi connectivity index (χ0v) is 15.7. The van der Waals surface area contributed by atoms with E-state index in [1.54, 1.807) is 0 Å². The second-order valence-electron chi connectivity index (χ2n) is 7.01. The van der Waals surface area contributed by atoms with E-state index in [0.717, 1.165) is 24.0 Å². The zero-order valence-electron chi connectivity index (χ0n) is 15.7. The summed E-state index contributed by atoms with van der Waals surface area (Å²) in [6, 6.07) is 12.3. The summed E-state index contributed by atoms with van der Waals surface area (Å²) in [7, 11) is 0. The molecule has 2 rings (SSSR count). The van der Waals surface area contributed by atoms with Crippen LogP contribution in [0.3, 0.4) is 0 Å². The van der Waals surface area contributed by atoms with E-state index >= 15 is 0 Å². The summed E-state index contributed by atoms with van der Waals surface area (Å²) in [5, 5.41) is 10.7. The lowest BCUT2D eigenvalue weighted by Gasteiger charge is -2.23. The first-order chi connectivity index (χ1) is 11.6. The molecule has 1 heteroatoms. The van der Waals surface area contributed by atoms with Crippen LogP contribution in [-0.4, -0.2) is 5.11 Å². The molecule has 0 atom stereocenters. The van der Waals surface area contributed by atoms with Crippen molar-refractivity contribution in [1.29, 1.82) is 0 Å². The topological polar surface area (TPSA) is 20.2 Å². The molecule has 0 radical (unpaired) electrons. The van der Waals surface area contributed by atoms with Crippen LogP contribution in [0.2, 0.25) is 0 Å². The minimum atomic E-state index is 0.402. The summed E-state index contributed by atoms with van der Waals surface area (Å²) in [4.78, 5) is 0. The monoisotopic (exact) mass is 324 g/mol. The molecule has 0 saturated heterocycles. The summed E-state index contributed by atoms with van der Waals surface area (Å²) in [6.45, 7) is 8.94. The molecule has 0 amide bonds. The van der Waals surface area contributed by atoms with Crippen LogP contribution in [0.1, 0.15) is 76.0 Å². The number of hydrogen-bond donors (Lipinski definition) is 1. The average Bonchev–Trinajstić information content (AvgIpc) is 2.59. The highest BCUT2D eigenvalue weighted by Crippen LogP contribution is 2.41. The number of phenols is 1. The lowest BCUT2D eigenvalue weighted by Crippen LogP contribution is -2.05. The highest BCUT2D eigenvalue weighted by atomic mass is 16.3. The molecular weight excluding hydrogens is 292 g/mol. The van der Waals surface area contributed by atoms with Crippen LogP contribution in [0.15, 0.2) is 36.4 Å². The Morgan fingerprint density at radius 2 is 1.67 bits per heavy atom. The van der Waals surface area contributed by atoms with Crippen molar-refractivity contribution in [3.63, 3.8) is 0 Å². The van der Waals surface area contributed by atoms with E-state index in [4.69, 9.17) is 0 Å². The Balaban J connectivity index is 2.54. The summed E-state index contributed by atoms with van der Waals surface area (Å²) >= 11 is 0. The van der Waals surface area contributed by atoms with Crippen LogP contribution in [0.5, 0.6) is 5.75 Å². The lowest BCUT2D eigenvalue weighted by molar-refractivity contribution is 0.475. The van der Waals surface area contributed by atoms with Crippen LogP contribution >= 0.6 is 0 Å². The number of hydrogen-bond acceptors (Lipinski definition) is 1. The molecule has 2 aromatic carbocycles. The number of aromatic hydroxyl groups is 1. The molecule has 2 aromatic rings. The number of phenolic OH excluding ortho intramolecular Hbond substituents is 1. The van der Waals surface area contributed by atoms with E-state index in [9.17, 15) is 5.11 Å². The Morgan fingerprint density at radius 1 is 0.958 bits per heavy atom. The summed E-state index contributed by atoms with van der Waals surface area (Å²) in [5.41, 5.74) is 6.28. The third-order valence-electron chi connectivity index (χ3n) is 4.85. The minimum absolute atomic E-state index is 0.402. The van der Waals surface area contributed by atoms with E-state index < -0.39 is 0 Å². The van der Waals surface area contributed by atoms with Crippen molar-refractivity contribution < 1.29 is 5.11 Å². The van der Waals surface area contributed by atoms with Gasteiger partial charge in [-0.1, -0.05) is 77.3 Å². The predicted octanol–water partition coefficient (Wildman–Crippen LogP) is 6.87. The first kappa shape index (κ1) is 18.6.